The number of carbonyl (C=O) groups is 2. The number of rotatable bonds is 2. The van der Waals surface area contributed by atoms with Crippen molar-refractivity contribution in [3.05, 3.63) is 35.4 Å². The third-order valence-electron chi connectivity index (χ3n) is 1.74. The van der Waals surface area contributed by atoms with Crippen LogP contribution in [-0.2, 0) is 9.47 Å². The zero-order valence-corrected chi connectivity index (χ0v) is 7.94. The molecule has 0 amide bonds. The van der Waals surface area contributed by atoms with Gasteiger partial charge in [-0.3, -0.25) is 0 Å². The predicted molar refractivity (Wildman–Crippen MR) is 66.2 cm³/mol. The van der Waals surface area contributed by atoms with Gasteiger partial charge in [0.1, 0.15) is 0 Å². The Morgan fingerprint density at radius 2 is 1.19 bits per heavy atom. The Labute approximate surface area is 154 Å². The minimum absolute atomic E-state index is 0. The first kappa shape index (κ1) is 19.0. The molecule has 0 bridgehead atoms. The van der Waals surface area contributed by atoms with Gasteiger partial charge in [0.05, 0.1) is 25.3 Å². The van der Waals surface area contributed by atoms with Crippen molar-refractivity contribution in [3.63, 3.8) is 0 Å². The summed E-state index contributed by atoms with van der Waals surface area (Å²) >= 11 is 0. The first-order valence-corrected chi connectivity index (χ1v) is 3.96. The summed E-state index contributed by atoms with van der Waals surface area (Å²) in [6.07, 6.45) is 0. The summed E-state index contributed by atoms with van der Waals surface area (Å²) in [4.78, 5) is 22.4. The summed E-state index contributed by atoms with van der Waals surface area (Å²) in [7, 11) is 2.52. The van der Waals surface area contributed by atoms with Crippen LogP contribution in [0.2, 0.25) is 0 Å². The molecular formula is C10H14Ca2O4. The van der Waals surface area contributed by atoms with Crippen molar-refractivity contribution in [1.82, 2.24) is 0 Å². The van der Waals surface area contributed by atoms with E-state index in [2.05, 4.69) is 9.47 Å². The zero-order chi connectivity index (χ0) is 10.6. The van der Waals surface area contributed by atoms with Crippen molar-refractivity contribution in [1.29, 1.82) is 0 Å². The van der Waals surface area contributed by atoms with E-state index in [4.69, 9.17) is 0 Å². The van der Waals surface area contributed by atoms with Gasteiger partial charge in [0.15, 0.2) is 0 Å². The molecule has 0 N–H and O–H groups in total. The van der Waals surface area contributed by atoms with Crippen molar-refractivity contribution in [3.8, 4) is 0 Å². The molecule has 0 aliphatic heterocycles. The van der Waals surface area contributed by atoms with Crippen molar-refractivity contribution < 1.29 is 19.1 Å². The van der Waals surface area contributed by atoms with Crippen LogP contribution in [0.5, 0.6) is 0 Å². The van der Waals surface area contributed by atoms with E-state index in [9.17, 15) is 9.59 Å². The molecule has 0 saturated heterocycles. The molecule has 0 aromatic heterocycles. The second-order valence-corrected chi connectivity index (χ2v) is 2.53. The molecule has 1 aromatic carbocycles. The summed E-state index contributed by atoms with van der Waals surface area (Å²) in [5.41, 5.74) is 0.420. The van der Waals surface area contributed by atoms with Gasteiger partial charge in [0.2, 0.25) is 0 Å². The van der Waals surface area contributed by atoms with Crippen LogP contribution in [0.3, 0.4) is 0 Å². The molecule has 0 atom stereocenters. The Morgan fingerprint density at radius 1 is 0.875 bits per heavy atom. The zero-order valence-electron chi connectivity index (χ0n) is 7.94. The van der Waals surface area contributed by atoms with Crippen LogP contribution < -0.4 is 0 Å². The van der Waals surface area contributed by atoms with Crippen molar-refractivity contribution in [2.45, 2.75) is 0 Å². The monoisotopic (exact) mass is 278 g/mol. The van der Waals surface area contributed by atoms with Gasteiger partial charge in [-0.05, 0) is 12.1 Å². The molecule has 0 aliphatic carbocycles. The third kappa shape index (κ3) is 4.90. The quantitative estimate of drug-likeness (QED) is 0.537. The van der Waals surface area contributed by atoms with Crippen LogP contribution in [0, 0.1) is 0 Å². The Bertz CT molecular complexity index is 331. The first-order chi connectivity index (χ1) is 6.70. The normalized spacial score (nSPS) is 8.12. The number of hydrogen-bond acceptors (Lipinski definition) is 4. The summed E-state index contributed by atoms with van der Waals surface area (Å²) in [6.45, 7) is 0. The number of methoxy groups -OCH3 is 2. The van der Waals surface area contributed by atoms with Gasteiger partial charge in [0, 0.05) is 0 Å². The van der Waals surface area contributed by atoms with E-state index in [1.54, 1.807) is 12.1 Å². The molecule has 4 nitrogen and oxygen atoms in total. The topological polar surface area (TPSA) is 52.6 Å². The molecule has 0 saturated carbocycles. The standard InChI is InChI=1S/C10H10O4.2Ca.4H/c1-13-9(11)7-5-3-4-6-8(7)10(12)14-2;;;;;;/h3-6H,1-2H3;;;;;;. The van der Waals surface area contributed by atoms with E-state index in [-0.39, 0.29) is 86.6 Å². The summed E-state index contributed by atoms with van der Waals surface area (Å²) < 4.78 is 9.05. The van der Waals surface area contributed by atoms with E-state index in [1.807, 2.05) is 0 Å². The molecular weight excluding hydrogens is 264 g/mol. The van der Waals surface area contributed by atoms with Crippen LogP contribution in [0.25, 0.3) is 0 Å². The van der Waals surface area contributed by atoms with Crippen LogP contribution in [-0.4, -0.2) is 102 Å². The van der Waals surface area contributed by atoms with Crippen LogP contribution in [0.1, 0.15) is 20.7 Å². The minimum atomic E-state index is -0.550. The van der Waals surface area contributed by atoms with E-state index < -0.39 is 11.9 Å². The van der Waals surface area contributed by atoms with Crippen LogP contribution in [0.4, 0.5) is 0 Å². The molecule has 0 fully saturated rings. The van der Waals surface area contributed by atoms with Gasteiger partial charge < -0.3 is 9.47 Å². The van der Waals surface area contributed by atoms with Crippen LogP contribution in [0.15, 0.2) is 24.3 Å². The van der Waals surface area contributed by atoms with Gasteiger partial charge in [-0.15, -0.1) is 0 Å². The number of benzene rings is 1. The average molecular weight is 278 g/mol. The molecule has 0 spiro atoms. The number of carbonyl (C=O) groups excluding carboxylic acids is 2. The van der Waals surface area contributed by atoms with Gasteiger partial charge in [-0.25, -0.2) is 9.59 Å². The van der Waals surface area contributed by atoms with Gasteiger partial charge in [-0.2, -0.15) is 0 Å². The van der Waals surface area contributed by atoms with E-state index in [0.717, 1.165) is 0 Å². The number of ether oxygens (including phenoxy) is 2. The molecule has 1 rings (SSSR count). The van der Waals surface area contributed by atoms with Crippen molar-refractivity contribution in [2.75, 3.05) is 14.2 Å². The SMILES string of the molecule is COC(=O)c1ccccc1C(=O)OC.[CaH2].[CaH2]. The molecule has 82 valence electrons. The Kier molecular flexibility index (Phi) is 11.5. The number of hydrogen-bond donors (Lipinski definition) is 0. The van der Waals surface area contributed by atoms with Gasteiger partial charge >= 0.3 is 87.4 Å². The van der Waals surface area contributed by atoms with E-state index in [1.165, 1.54) is 26.4 Å². The maximum absolute atomic E-state index is 11.2. The summed E-state index contributed by atoms with van der Waals surface area (Å²) in [6, 6.07) is 6.33. The van der Waals surface area contributed by atoms with Gasteiger partial charge in [-0.1, -0.05) is 12.1 Å². The molecule has 6 heteroatoms. The summed E-state index contributed by atoms with van der Waals surface area (Å²) in [5.74, 6) is -1.10. The second kappa shape index (κ2) is 9.68. The molecule has 0 unspecified atom stereocenters. The van der Waals surface area contributed by atoms with Gasteiger partial charge in [0.25, 0.3) is 0 Å². The molecule has 0 heterocycles. The molecule has 16 heavy (non-hydrogen) atoms. The van der Waals surface area contributed by atoms with E-state index >= 15 is 0 Å². The molecule has 0 aliphatic rings. The fourth-order valence-electron chi connectivity index (χ4n) is 1.06. The Morgan fingerprint density at radius 3 is 1.44 bits per heavy atom. The first-order valence-electron chi connectivity index (χ1n) is 3.96. The predicted octanol–water partition coefficient (Wildman–Crippen LogP) is -0.573. The Balaban J connectivity index is 0. The Hall–Kier alpha value is 0.679. The average Bonchev–Trinajstić information content (AvgIpc) is 2.27. The molecule has 1 aromatic rings. The number of esters is 2. The maximum atomic E-state index is 11.2. The van der Waals surface area contributed by atoms with Crippen molar-refractivity contribution in [2.24, 2.45) is 0 Å². The third-order valence-corrected chi connectivity index (χ3v) is 1.74. The van der Waals surface area contributed by atoms with Crippen LogP contribution >= 0.6 is 0 Å². The second-order valence-electron chi connectivity index (χ2n) is 2.53. The fourth-order valence-corrected chi connectivity index (χ4v) is 1.06. The molecule has 0 radical (unpaired) electrons. The van der Waals surface area contributed by atoms with Crippen molar-refractivity contribution >= 4 is 87.4 Å². The fraction of sp³-hybridized carbons (Fsp3) is 0.200. The van der Waals surface area contributed by atoms with E-state index in [0.29, 0.717) is 0 Å². The summed E-state index contributed by atoms with van der Waals surface area (Å²) in [5, 5.41) is 0.